The number of aryl methyl sites for hydroxylation is 2. The Morgan fingerprint density at radius 3 is 2.84 bits per heavy atom. The average Bonchev–Trinajstić information content (AvgIpc) is 3.01. The predicted octanol–water partition coefficient (Wildman–Crippen LogP) is 3.21. The summed E-state index contributed by atoms with van der Waals surface area (Å²) in [4.78, 5) is 12.7. The fourth-order valence-electron chi connectivity index (χ4n) is 5.22. The topological polar surface area (TPSA) is 58.7 Å². The van der Waals surface area contributed by atoms with Gasteiger partial charge in [-0.2, -0.15) is 10.4 Å². The molecule has 1 saturated carbocycles. The Balaban J connectivity index is 1.88. The van der Waals surface area contributed by atoms with Crippen LogP contribution < -0.4 is 0 Å². The van der Waals surface area contributed by atoms with E-state index in [0.29, 0.717) is 6.42 Å². The van der Waals surface area contributed by atoms with E-state index >= 15 is 0 Å². The first-order valence-corrected chi connectivity index (χ1v) is 9.05. The quantitative estimate of drug-likeness (QED) is 0.848. The molecule has 1 heterocycles. The zero-order valence-corrected chi connectivity index (χ0v) is 14.8. The molecule has 1 fully saturated rings. The van der Waals surface area contributed by atoms with Crippen molar-refractivity contribution in [3.8, 4) is 6.07 Å². The van der Waals surface area contributed by atoms with E-state index in [-0.39, 0.29) is 23.0 Å². The molecule has 0 amide bonds. The highest BCUT2D eigenvalue weighted by atomic mass is 16.1. The van der Waals surface area contributed by atoms with Gasteiger partial charge < -0.3 is 0 Å². The van der Waals surface area contributed by atoms with Gasteiger partial charge in [0.15, 0.2) is 5.78 Å². The van der Waals surface area contributed by atoms with Gasteiger partial charge in [0.2, 0.25) is 0 Å². The van der Waals surface area contributed by atoms with Crippen LogP contribution in [-0.2, 0) is 30.1 Å². The standard InChI is InChI=1S/C21H23N3O/c1-14-18-9-8-16-13-24(2)23-20(16)21(18,11-17(12-22)19(14)25)10-15-6-4-3-5-7-15/h3-7,13-14,17-18H,8-11H2,1-2H3/t14?,17?,18?,21-/m0/s1. The summed E-state index contributed by atoms with van der Waals surface area (Å²) in [5.41, 5.74) is 3.44. The molecule has 0 saturated heterocycles. The van der Waals surface area contributed by atoms with Gasteiger partial charge in [0.05, 0.1) is 11.8 Å². The normalized spacial score (nSPS) is 31.1. The molecule has 0 N–H and O–H groups in total. The summed E-state index contributed by atoms with van der Waals surface area (Å²) in [6.07, 6.45) is 5.52. The van der Waals surface area contributed by atoms with Crippen molar-refractivity contribution < 1.29 is 4.79 Å². The maximum atomic E-state index is 12.7. The maximum absolute atomic E-state index is 12.7. The maximum Gasteiger partial charge on any atom is 0.153 e. The lowest BCUT2D eigenvalue weighted by Gasteiger charge is -2.50. The van der Waals surface area contributed by atoms with E-state index in [9.17, 15) is 10.1 Å². The first kappa shape index (κ1) is 16.1. The van der Waals surface area contributed by atoms with Crippen molar-refractivity contribution in [1.82, 2.24) is 9.78 Å². The summed E-state index contributed by atoms with van der Waals surface area (Å²) in [7, 11) is 1.96. The number of hydrogen-bond donors (Lipinski definition) is 0. The van der Waals surface area contributed by atoms with Crippen LogP contribution in [0.25, 0.3) is 0 Å². The Morgan fingerprint density at radius 1 is 1.36 bits per heavy atom. The molecule has 4 rings (SSSR count). The minimum absolute atomic E-state index is 0.0859. The summed E-state index contributed by atoms with van der Waals surface area (Å²) in [6.45, 7) is 2.02. The summed E-state index contributed by atoms with van der Waals surface area (Å²) in [6, 6.07) is 12.7. The second kappa shape index (κ2) is 5.84. The summed E-state index contributed by atoms with van der Waals surface area (Å²) < 4.78 is 1.89. The number of carbonyl (C=O) groups excluding carboxylic acids is 1. The van der Waals surface area contributed by atoms with Gasteiger partial charge in [0.1, 0.15) is 5.92 Å². The van der Waals surface area contributed by atoms with E-state index in [1.165, 1.54) is 11.1 Å². The third-order valence-corrected chi connectivity index (χ3v) is 6.29. The van der Waals surface area contributed by atoms with Crippen LogP contribution in [0.2, 0.25) is 0 Å². The number of benzene rings is 1. The number of fused-ring (bicyclic) bond motifs is 3. The van der Waals surface area contributed by atoms with E-state index in [1.807, 2.05) is 24.7 Å². The number of ketones is 1. The van der Waals surface area contributed by atoms with Gasteiger partial charge >= 0.3 is 0 Å². The molecule has 25 heavy (non-hydrogen) atoms. The van der Waals surface area contributed by atoms with E-state index in [0.717, 1.165) is 25.0 Å². The highest BCUT2D eigenvalue weighted by Crippen LogP contribution is 2.53. The van der Waals surface area contributed by atoms with Crippen LogP contribution in [0.4, 0.5) is 0 Å². The molecule has 0 bridgehead atoms. The number of nitrogens with zero attached hydrogens (tertiary/aromatic N) is 3. The average molecular weight is 333 g/mol. The van der Waals surface area contributed by atoms with E-state index < -0.39 is 5.92 Å². The molecule has 2 aliphatic carbocycles. The number of nitriles is 1. The number of Topliss-reactive ketones (excluding diaryl/α,β-unsaturated/α-hetero) is 1. The monoisotopic (exact) mass is 333 g/mol. The highest BCUT2D eigenvalue weighted by Gasteiger charge is 2.55. The van der Waals surface area contributed by atoms with Gasteiger partial charge in [-0.1, -0.05) is 37.3 Å². The Labute approximate surface area is 148 Å². The van der Waals surface area contributed by atoms with Crippen molar-refractivity contribution in [3.63, 3.8) is 0 Å². The molecule has 0 spiro atoms. The van der Waals surface area contributed by atoms with Crippen molar-refractivity contribution in [1.29, 1.82) is 5.26 Å². The smallest absolute Gasteiger partial charge is 0.153 e. The summed E-state index contributed by atoms with van der Waals surface area (Å²) in [5, 5.41) is 14.4. The summed E-state index contributed by atoms with van der Waals surface area (Å²) in [5.74, 6) is -0.233. The minimum Gasteiger partial charge on any atom is -0.298 e. The van der Waals surface area contributed by atoms with Crippen molar-refractivity contribution in [2.75, 3.05) is 0 Å². The molecule has 3 unspecified atom stereocenters. The van der Waals surface area contributed by atoms with Gasteiger partial charge in [-0.15, -0.1) is 0 Å². The van der Waals surface area contributed by atoms with Crippen LogP contribution in [0.1, 0.15) is 36.6 Å². The van der Waals surface area contributed by atoms with Crippen LogP contribution in [-0.4, -0.2) is 15.6 Å². The van der Waals surface area contributed by atoms with Crippen LogP contribution in [0.3, 0.4) is 0 Å². The Morgan fingerprint density at radius 2 is 2.12 bits per heavy atom. The minimum atomic E-state index is -0.525. The van der Waals surface area contributed by atoms with Crippen molar-refractivity contribution >= 4 is 5.78 Å². The first-order chi connectivity index (χ1) is 12.0. The Kier molecular flexibility index (Phi) is 3.76. The SMILES string of the molecule is CC1C(=O)C(C#N)C[C@]2(Cc3ccccc3)c3nn(C)cc3CCC12. The molecular formula is C21H23N3O. The van der Waals surface area contributed by atoms with Crippen molar-refractivity contribution in [2.24, 2.45) is 24.8 Å². The fraction of sp³-hybridized carbons (Fsp3) is 0.476. The lowest BCUT2D eigenvalue weighted by molar-refractivity contribution is -0.132. The number of aromatic nitrogens is 2. The third kappa shape index (κ3) is 2.41. The van der Waals surface area contributed by atoms with Crippen LogP contribution >= 0.6 is 0 Å². The largest absolute Gasteiger partial charge is 0.298 e. The molecule has 128 valence electrons. The van der Waals surface area contributed by atoms with Crippen molar-refractivity contribution in [2.45, 2.75) is 38.0 Å². The van der Waals surface area contributed by atoms with Gasteiger partial charge in [-0.3, -0.25) is 9.48 Å². The molecule has 2 aliphatic rings. The highest BCUT2D eigenvalue weighted by molar-refractivity contribution is 5.87. The van der Waals surface area contributed by atoms with Crippen molar-refractivity contribution in [3.05, 3.63) is 53.3 Å². The second-order valence-electron chi connectivity index (χ2n) is 7.72. The van der Waals surface area contributed by atoms with E-state index in [4.69, 9.17) is 5.10 Å². The van der Waals surface area contributed by atoms with Crippen LogP contribution in [0.15, 0.2) is 36.5 Å². The zero-order valence-electron chi connectivity index (χ0n) is 14.8. The number of hydrogen-bond acceptors (Lipinski definition) is 3. The Hall–Kier alpha value is -2.41. The molecule has 2 aromatic rings. The van der Waals surface area contributed by atoms with Gasteiger partial charge in [-0.25, -0.2) is 0 Å². The molecular weight excluding hydrogens is 310 g/mol. The van der Waals surface area contributed by atoms with Gasteiger partial charge in [-0.05, 0) is 42.7 Å². The predicted molar refractivity (Wildman–Crippen MR) is 94.7 cm³/mol. The molecule has 1 aromatic heterocycles. The first-order valence-electron chi connectivity index (χ1n) is 9.05. The Bertz CT molecular complexity index is 848. The molecule has 0 radical (unpaired) electrons. The van der Waals surface area contributed by atoms with Crippen LogP contribution in [0, 0.1) is 29.1 Å². The molecule has 1 aromatic carbocycles. The zero-order chi connectivity index (χ0) is 17.6. The van der Waals surface area contributed by atoms with E-state index in [2.05, 4.69) is 36.5 Å². The molecule has 4 atom stereocenters. The van der Waals surface area contributed by atoms with E-state index in [1.54, 1.807) is 0 Å². The molecule has 0 aliphatic heterocycles. The van der Waals surface area contributed by atoms with Gasteiger partial charge in [0.25, 0.3) is 0 Å². The summed E-state index contributed by atoms with van der Waals surface area (Å²) >= 11 is 0. The molecule has 4 heteroatoms. The van der Waals surface area contributed by atoms with Crippen LogP contribution in [0.5, 0.6) is 0 Å². The molecule has 4 nitrogen and oxygen atoms in total. The number of rotatable bonds is 2. The van der Waals surface area contributed by atoms with Gasteiger partial charge in [0, 0.05) is 24.6 Å². The third-order valence-electron chi connectivity index (χ3n) is 6.29. The second-order valence-corrected chi connectivity index (χ2v) is 7.72. The number of carbonyl (C=O) groups is 1. The lowest BCUT2D eigenvalue weighted by atomic mass is 9.51. The fourth-order valence-corrected chi connectivity index (χ4v) is 5.22. The lowest BCUT2D eigenvalue weighted by Crippen LogP contribution is -2.53.